The molecule has 2 aliphatic rings. The van der Waals surface area contributed by atoms with Gasteiger partial charge in [-0.3, -0.25) is 4.68 Å². The molecule has 1 aromatic heterocycles. The Morgan fingerprint density at radius 1 is 1.47 bits per heavy atom. The monoisotopic (exact) mass is 203 g/mol. The van der Waals surface area contributed by atoms with Crippen molar-refractivity contribution in [1.82, 2.24) is 9.78 Å². The van der Waals surface area contributed by atoms with Gasteiger partial charge in [0.05, 0.1) is 0 Å². The normalized spacial score (nSPS) is 32.5. The van der Waals surface area contributed by atoms with Crippen LogP contribution in [0.2, 0.25) is 0 Å². The molecule has 3 atom stereocenters. The number of anilines is 1. The van der Waals surface area contributed by atoms with E-state index in [0.717, 1.165) is 30.1 Å². The van der Waals surface area contributed by atoms with Gasteiger partial charge in [0.2, 0.25) is 0 Å². The first-order valence-electron chi connectivity index (χ1n) is 5.73. The number of nitrogens with one attached hydrogen (secondary N) is 1. The molecule has 0 amide bonds. The number of rotatable bonds is 3. The molecule has 80 valence electrons. The van der Waals surface area contributed by atoms with Crippen molar-refractivity contribution in [3.8, 4) is 0 Å². The van der Waals surface area contributed by atoms with Gasteiger partial charge < -0.3 is 5.32 Å². The number of hydrogen-bond acceptors (Lipinski definition) is 2. The first kappa shape index (κ1) is 9.01. The lowest BCUT2D eigenvalue weighted by molar-refractivity contribution is 0.471. The minimum absolute atomic E-state index is 0.821. The van der Waals surface area contributed by atoms with Gasteiger partial charge in [-0.1, -0.05) is 12.2 Å². The van der Waals surface area contributed by atoms with Gasteiger partial charge in [0.1, 0.15) is 5.82 Å². The van der Waals surface area contributed by atoms with Gasteiger partial charge in [-0.05, 0) is 30.6 Å². The summed E-state index contributed by atoms with van der Waals surface area (Å²) in [5.41, 5.74) is 0. The smallest absolute Gasteiger partial charge is 0.147 e. The van der Waals surface area contributed by atoms with Crippen LogP contribution in [0.25, 0.3) is 0 Å². The third-order valence-corrected chi connectivity index (χ3v) is 3.68. The minimum Gasteiger partial charge on any atom is -0.368 e. The lowest BCUT2D eigenvalue weighted by atomic mass is 9.94. The molecule has 0 saturated heterocycles. The molecule has 2 bridgehead atoms. The zero-order chi connectivity index (χ0) is 10.3. The molecule has 0 radical (unpaired) electrons. The van der Waals surface area contributed by atoms with Gasteiger partial charge in [-0.2, -0.15) is 5.10 Å². The Kier molecular flexibility index (Phi) is 2.04. The van der Waals surface area contributed by atoms with Crippen LogP contribution in [0.4, 0.5) is 5.82 Å². The van der Waals surface area contributed by atoms with E-state index >= 15 is 0 Å². The van der Waals surface area contributed by atoms with Crippen LogP contribution in [0.5, 0.6) is 0 Å². The standard InChI is InChI=1S/C12H17N3/c1-15-5-4-12(14-15)13-8-11-7-9-2-3-10(11)6-9/h2-5,9-11H,6-8H2,1H3,(H,13,14). The third kappa shape index (κ3) is 1.66. The van der Waals surface area contributed by atoms with Crippen molar-refractivity contribution in [2.24, 2.45) is 24.8 Å². The first-order valence-corrected chi connectivity index (χ1v) is 5.73. The first-order chi connectivity index (χ1) is 7.31. The van der Waals surface area contributed by atoms with E-state index in [9.17, 15) is 0 Å². The van der Waals surface area contributed by atoms with E-state index in [1.807, 2.05) is 24.0 Å². The van der Waals surface area contributed by atoms with Crippen molar-refractivity contribution < 1.29 is 0 Å². The molecule has 1 aromatic rings. The third-order valence-electron chi connectivity index (χ3n) is 3.68. The molecule has 15 heavy (non-hydrogen) atoms. The van der Waals surface area contributed by atoms with E-state index in [2.05, 4.69) is 22.6 Å². The molecule has 3 nitrogen and oxygen atoms in total. The van der Waals surface area contributed by atoms with Crippen LogP contribution in [-0.4, -0.2) is 16.3 Å². The van der Waals surface area contributed by atoms with E-state index < -0.39 is 0 Å². The number of aryl methyl sites for hydroxylation is 1. The second kappa shape index (κ2) is 3.40. The fourth-order valence-corrected chi connectivity index (χ4v) is 2.87. The Morgan fingerprint density at radius 2 is 2.40 bits per heavy atom. The molecule has 3 rings (SSSR count). The Morgan fingerprint density at radius 3 is 3.00 bits per heavy atom. The summed E-state index contributed by atoms with van der Waals surface area (Å²) in [6.45, 7) is 1.07. The van der Waals surface area contributed by atoms with Crippen molar-refractivity contribution in [3.63, 3.8) is 0 Å². The van der Waals surface area contributed by atoms with Gasteiger partial charge in [0.15, 0.2) is 0 Å². The maximum Gasteiger partial charge on any atom is 0.147 e. The quantitative estimate of drug-likeness (QED) is 0.762. The SMILES string of the molecule is Cn1ccc(NCC2CC3C=CC2C3)n1. The summed E-state index contributed by atoms with van der Waals surface area (Å²) in [4.78, 5) is 0. The van der Waals surface area contributed by atoms with E-state index in [4.69, 9.17) is 0 Å². The van der Waals surface area contributed by atoms with E-state index in [1.54, 1.807) is 0 Å². The number of aromatic nitrogens is 2. The molecule has 0 spiro atoms. The highest BCUT2D eigenvalue weighted by Crippen LogP contribution is 2.43. The van der Waals surface area contributed by atoms with Crippen molar-refractivity contribution in [3.05, 3.63) is 24.4 Å². The fraction of sp³-hybridized carbons (Fsp3) is 0.583. The molecule has 1 heterocycles. The number of hydrogen-bond donors (Lipinski definition) is 1. The van der Waals surface area contributed by atoms with Gasteiger partial charge in [-0.25, -0.2) is 0 Å². The van der Waals surface area contributed by atoms with Crippen LogP contribution in [-0.2, 0) is 7.05 Å². The summed E-state index contributed by atoms with van der Waals surface area (Å²) in [6, 6.07) is 2.03. The van der Waals surface area contributed by atoms with Gasteiger partial charge in [-0.15, -0.1) is 0 Å². The molecular weight excluding hydrogens is 186 g/mol. The van der Waals surface area contributed by atoms with Crippen LogP contribution in [0.3, 0.4) is 0 Å². The summed E-state index contributed by atoms with van der Waals surface area (Å²) >= 11 is 0. The van der Waals surface area contributed by atoms with Gasteiger partial charge in [0.25, 0.3) is 0 Å². The van der Waals surface area contributed by atoms with E-state index in [1.165, 1.54) is 12.8 Å². The predicted octanol–water partition coefficient (Wildman–Crippen LogP) is 2.04. The van der Waals surface area contributed by atoms with Crippen molar-refractivity contribution in [2.75, 3.05) is 11.9 Å². The molecule has 3 unspecified atom stereocenters. The minimum atomic E-state index is 0.821. The molecule has 1 fully saturated rings. The van der Waals surface area contributed by atoms with E-state index in [-0.39, 0.29) is 0 Å². The molecule has 1 N–H and O–H groups in total. The lowest BCUT2D eigenvalue weighted by Crippen LogP contribution is -2.18. The highest BCUT2D eigenvalue weighted by atomic mass is 15.3. The predicted molar refractivity (Wildman–Crippen MR) is 60.5 cm³/mol. The molecule has 2 aliphatic carbocycles. The Balaban J connectivity index is 1.57. The Bertz CT molecular complexity index is 380. The van der Waals surface area contributed by atoms with Crippen molar-refractivity contribution >= 4 is 5.82 Å². The summed E-state index contributed by atoms with van der Waals surface area (Å²) in [7, 11) is 1.95. The average molecular weight is 203 g/mol. The largest absolute Gasteiger partial charge is 0.368 e. The molecular formula is C12H17N3. The summed E-state index contributed by atoms with van der Waals surface area (Å²) in [5, 5.41) is 7.75. The Labute approximate surface area is 90.2 Å². The van der Waals surface area contributed by atoms with Crippen molar-refractivity contribution in [2.45, 2.75) is 12.8 Å². The van der Waals surface area contributed by atoms with Crippen LogP contribution in [0.1, 0.15) is 12.8 Å². The molecule has 3 heteroatoms. The van der Waals surface area contributed by atoms with Crippen LogP contribution in [0.15, 0.2) is 24.4 Å². The number of nitrogens with zero attached hydrogens (tertiary/aromatic N) is 2. The number of fused-ring (bicyclic) bond motifs is 2. The Hall–Kier alpha value is -1.25. The lowest BCUT2D eigenvalue weighted by Gasteiger charge is -2.18. The summed E-state index contributed by atoms with van der Waals surface area (Å²) in [6.07, 6.45) is 9.51. The molecule has 0 aromatic carbocycles. The van der Waals surface area contributed by atoms with Crippen LogP contribution < -0.4 is 5.32 Å². The highest BCUT2D eigenvalue weighted by molar-refractivity contribution is 5.32. The summed E-state index contributed by atoms with van der Waals surface area (Å²) < 4.78 is 1.84. The zero-order valence-corrected chi connectivity index (χ0v) is 9.06. The summed E-state index contributed by atoms with van der Waals surface area (Å²) in [5.74, 6) is 3.52. The molecule has 1 saturated carbocycles. The van der Waals surface area contributed by atoms with E-state index in [0.29, 0.717) is 0 Å². The van der Waals surface area contributed by atoms with Gasteiger partial charge >= 0.3 is 0 Å². The number of allylic oxidation sites excluding steroid dienone is 2. The second-order valence-electron chi connectivity index (χ2n) is 4.80. The van der Waals surface area contributed by atoms with Crippen LogP contribution >= 0.6 is 0 Å². The fourth-order valence-electron chi connectivity index (χ4n) is 2.87. The second-order valence-corrected chi connectivity index (χ2v) is 4.80. The topological polar surface area (TPSA) is 29.9 Å². The zero-order valence-electron chi connectivity index (χ0n) is 9.06. The van der Waals surface area contributed by atoms with Gasteiger partial charge in [0, 0.05) is 25.9 Å². The highest BCUT2D eigenvalue weighted by Gasteiger charge is 2.35. The maximum atomic E-state index is 4.32. The van der Waals surface area contributed by atoms with Crippen LogP contribution in [0, 0.1) is 17.8 Å². The molecule has 0 aliphatic heterocycles. The average Bonchev–Trinajstić information content (AvgIpc) is 2.90. The maximum absolute atomic E-state index is 4.32. The van der Waals surface area contributed by atoms with Crippen molar-refractivity contribution in [1.29, 1.82) is 0 Å².